The zero-order valence-corrected chi connectivity index (χ0v) is 13.3. The first-order valence-corrected chi connectivity index (χ1v) is 8.89. The Kier molecular flexibility index (Phi) is 4.85. The van der Waals surface area contributed by atoms with Crippen molar-refractivity contribution in [2.45, 2.75) is 70.4 Å². The molecule has 3 unspecified atom stereocenters. The van der Waals surface area contributed by atoms with Crippen LogP contribution in [-0.2, 0) is 9.53 Å². The summed E-state index contributed by atoms with van der Waals surface area (Å²) in [6.07, 6.45) is 9.92. The Balaban J connectivity index is 1.60. The quantitative estimate of drug-likeness (QED) is 0.836. The number of hydrogen-bond acceptors (Lipinski definition) is 3. The lowest BCUT2D eigenvalue weighted by Crippen LogP contribution is -2.66. The van der Waals surface area contributed by atoms with E-state index in [-0.39, 0.29) is 17.2 Å². The fourth-order valence-electron chi connectivity index (χ4n) is 4.63. The fourth-order valence-corrected chi connectivity index (χ4v) is 4.63. The number of rotatable bonds is 4. The van der Waals surface area contributed by atoms with Crippen molar-refractivity contribution in [1.29, 1.82) is 0 Å². The second-order valence-corrected chi connectivity index (χ2v) is 7.08. The summed E-state index contributed by atoms with van der Waals surface area (Å²) in [6, 6.07) is 0.351. The van der Waals surface area contributed by atoms with E-state index in [0.29, 0.717) is 12.1 Å². The van der Waals surface area contributed by atoms with Gasteiger partial charge in [-0.05, 0) is 45.6 Å². The van der Waals surface area contributed by atoms with Crippen molar-refractivity contribution in [1.82, 2.24) is 10.6 Å². The Morgan fingerprint density at radius 1 is 1.29 bits per heavy atom. The van der Waals surface area contributed by atoms with E-state index in [0.717, 1.165) is 39.0 Å². The number of carbonyl (C=O) groups is 1. The summed E-state index contributed by atoms with van der Waals surface area (Å²) in [7, 11) is 0. The Morgan fingerprint density at radius 2 is 2.10 bits per heavy atom. The number of piperidine rings is 1. The first-order valence-electron chi connectivity index (χ1n) is 8.89. The molecule has 3 rings (SSSR count). The highest BCUT2D eigenvalue weighted by Gasteiger charge is 2.56. The summed E-state index contributed by atoms with van der Waals surface area (Å²) in [5.74, 6) is 0.442. The van der Waals surface area contributed by atoms with Crippen molar-refractivity contribution in [2.24, 2.45) is 11.3 Å². The van der Waals surface area contributed by atoms with Gasteiger partial charge in [0, 0.05) is 24.6 Å². The van der Waals surface area contributed by atoms with E-state index in [2.05, 4.69) is 17.6 Å². The number of hydrogen-bond donors (Lipinski definition) is 2. The second-order valence-electron chi connectivity index (χ2n) is 7.08. The first kappa shape index (κ1) is 15.3. The van der Waals surface area contributed by atoms with Crippen LogP contribution in [0.15, 0.2) is 0 Å². The molecule has 0 bridgehead atoms. The molecule has 3 aliphatic rings. The van der Waals surface area contributed by atoms with Crippen molar-refractivity contribution in [3.8, 4) is 0 Å². The molecule has 3 fully saturated rings. The molecule has 21 heavy (non-hydrogen) atoms. The zero-order valence-electron chi connectivity index (χ0n) is 13.3. The molecular formula is C17H30N2O2. The van der Waals surface area contributed by atoms with Crippen LogP contribution in [0.4, 0.5) is 0 Å². The lowest BCUT2D eigenvalue weighted by Gasteiger charge is -2.57. The first-order chi connectivity index (χ1) is 10.3. The lowest BCUT2D eigenvalue weighted by molar-refractivity contribution is -0.158. The van der Waals surface area contributed by atoms with Gasteiger partial charge in [0.15, 0.2) is 0 Å². The molecule has 0 aromatic carbocycles. The molecule has 2 N–H and O–H groups in total. The van der Waals surface area contributed by atoms with Gasteiger partial charge in [-0.15, -0.1) is 0 Å². The molecule has 0 radical (unpaired) electrons. The Labute approximate surface area is 128 Å². The predicted octanol–water partition coefficient (Wildman–Crippen LogP) is 2.23. The fraction of sp³-hybridized carbons (Fsp3) is 0.941. The van der Waals surface area contributed by atoms with Crippen LogP contribution in [0, 0.1) is 11.3 Å². The van der Waals surface area contributed by atoms with E-state index < -0.39 is 0 Å². The number of nitrogens with one attached hydrogen (secondary N) is 2. The van der Waals surface area contributed by atoms with Crippen molar-refractivity contribution in [2.75, 3.05) is 19.7 Å². The minimum absolute atomic E-state index is 0.172. The average Bonchev–Trinajstić information content (AvgIpc) is 2.55. The van der Waals surface area contributed by atoms with Crippen molar-refractivity contribution in [3.63, 3.8) is 0 Å². The molecule has 0 aromatic rings. The highest BCUT2D eigenvalue weighted by Crippen LogP contribution is 2.53. The summed E-state index contributed by atoms with van der Waals surface area (Å²) < 4.78 is 5.96. The predicted molar refractivity (Wildman–Crippen MR) is 83.1 cm³/mol. The van der Waals surface area contributed by atoms with Gasteiger partial charge in [-0.2, -0.15) is 0 Å². The van der Waals surface area contributed by atoms with Crippen LogP contribution in [0.2, 0.25) is 0 Å². The third-order valence-electron chi connectivity index (χ3n) is 5.92. The molecule has 1 heterocycles. The molecule has 1 amide bonds. The highest BCUT2D eigenvalue weighted by molar-refractivity contribution is 5.79. The zero-order chi connectivity index (χ0) is 14.7. The van der Waals surface area contributed by atoms with Gasteiger partial charge in [0.1, 0.15) is 0 Å². The molecule has 0 aromatic heterocycles. The van der Waals surface area contributed by atoms with Crippen LogP contribution in [0.5, 0.6) is 0 Å². The van der Waals surface area contributed by atoms with Gasteiger partial charge in [0.2, 0.25) is 5.91 Å². The highest BCUT2D eigenvalue weighted by atomic mass is 16.5. The van der Waals surface area contributed by atoms with E-state index in [1.54, 1.807) is 0 Å². The van der Waals surface area contributed by atoms with Crippen LogP contribution in [0.25, 0.3) is 0 Å². The van der Waals surface area contributed by atoms with Gasteiger partial charge >= 0.3 is 0 Å². The number of amides is 1. The summed E-state index contributed by atoms with van der Waals surface area (Å²) in [4.78, 5) is 12.5. The van der Waals surface area contributed by atoms with Crippen molar-refractivity contribution < 1.29 is 9.53 Å². The van der Waals surface area contributed by atoms with E-state index in [1.165, 1.54) is 32.1 Å². The maximum absolute atomic E-state index is 12.5. The third-order valence-corrected chi connectivity index (χ3v) is 5.92. The van der Waals surface area contributed by atoms with Gasteiger partial charge in [0.25, 0.3) is 0 Å². The Hall–Kier alpha value is -0.610. The molecule has 4 nitrogen and oxygen atoms in total. The van der Waals surface area contributed by atoms with Gasteiger partial charge in [-0.25, -0.2) is 0 Å². The summed E-state index contributed by atoms with van der Waals surface area (Å²) in [6.45, 7) is 4.78. The van der Waals surface area contributed by atoms with Gasteiger partial charge in [0.05, 0.1) is 12.0 Å². The maximum Gasteiger partial charge on any atom is 0.224 e. The molecule has 120 valence electrons. The van der Waals surface area contributed by atoms with Crippen molar-refractivity contribution >= 4 is 5.91 Å². The summed E-state index contributed by atoms with van der Waals surface area (Å²) in [5.41, 5.74) is 0.242. The van der Waals surface area contributed by atoms with Crippen LogP contribution in [0.3, 0.4) is 0 Å². The number of carbonyl (C=O) groups excluding carboxylic acids is 1. The van der Waals surface area contributed by atoms with Crippen LogP contribution in [0.1, 0.15) is 58.3 Å². The normalized spacial score (nSPS) is 35.2. The summed E-state index contributed by atoms with van der Waals surface area (Å²) >= 11 is 0. The number of ether oxygens (including phenoxy) is 1. The topological polar surface area (TPSA) is 50.4 Å². The monoisotopic (exact) mass is 294 g/mol. The standard InChI is InChI=1S/C17H30N2O2/c1-2-21-15-11-14(17(15)8-4-3-5-9-17)19-16(20)13-7-6-10-18-12-13/h13-15,18H,2-12H2,1H3,(H,19,20). The molecule has 2 saturated carbocycles. The van der Waals surface area contributed by atoms with Gasteiger partial charge in [-0.3, -0.25) is 4.79 Å². The molecule has 4 heteroatoms. The molecule has 1 spiro atoms. The third kappa shape index (κ3) is 2.98. The largest absolute Gasteiger partial charge is 0.378 e. The van der Waals surface area contributed by atoms with E-state index in [4.69, 9.17) is 4.74 Å². The minimum atomic E-state index is 0.172. The van der Waals surface area contributed by atoms with E-state index in [9.17, 15) is 4.79 Å². The average molecular weight is 294 g/mol. The maximum atomic E-state index is 12.5. The van der Waals surface area contributed by atoms with Gasteiger partial charge < -0.3 is 15.4 Å². The van der Waals surface area contributed by atoms with Gasteiger partial charge in [-0.1, -0.05) is 19.3 Å². The molecule has 2 aliphatic carbocycles. The van der Waals surface area contributed by atoms with Crippen molar-refractivity contribution in [3.05, 3.63) is 0 Å². The SMILES string of the molecule is CCOC1CC(NC(=O)C2CCCNC2)C12CCCCC2. The van der Waals surface area contributed by atoms with E-state index in [1.807, 2.05) is 0 Å². The molecule has 1 aliphatic heterocycles. The van der Waals surface area contributed by atoms with Crippen LogP contribution >= 0.6 is 0 Å². The molecule has 3 atom stereocenters. The van der Waals surface area contributed by atoms with Crippen LogP contribution < -0.4 is 10.6 Å². The second kappa shape index (κ2) is 6.66. The molecular weight excluding hydrogens is 264 g/mol. The smallest absolute Gasteiger partial charge is 0.224 e. The van der Waals surface area contributed by atoms with E-state index >= 15 is 0 Å². The molecule has 1 saturated heterocycles. The Bertz CT molecular complexity index is 360. The lowest BCUT2D eigenvalue weighted by atomic mass is 9.55. The summed E-state index contributed by atoms with van der Waals surface area (Å²) in [5, 5.41) is 6.72. The minimum Gasteiger partial charge on any atom is -0.378 e. The van der Waals surface area contributed by atoms with Crippen LogP contribution in [-0.4, -0.2) is 37.7 Å². The Morgan fingerprint density at radius 3 is 2.76 bits per heavy atom.